The molecule has 1 fully saturated rings. The van der Waals surface area contributed by atoms with Gasteiger partial charge in [0, 0.05) is 49.0 Å². The Hall–Kier alpha value is -1.79. The van der Waals surface area contributed by atoms with Gasteiger partial charge in [0.15, 0.2) is 19.0 Å². The molecule has 0 unspecified atom stereocenters. The lowest BCUT2D eigenvalue weighted by Gasteiger charge is -2.35. The summed E-state index contributed by atoms with van der Waals surface area (Å²) in [5.41, 5.74) is 1.17. The van der Waals surface area contributed by atoms with E-state index >= 15 is 0 Å². The number of hydrogen-bond donors (Lipinski definition) is 0. The van der Waals surface area contributed by atoms with E-state index in [1.165, 1.54) is 5.69 Å². The van der Waals surface area contributed by atoms with Crippen LogP contribution in [-0.4, -0.2) is 43.6 Å². The third-order valence-electron chi connectivity index (χ3n) is 3.94. The van der Waals surface area contributed by atoms with Crippen LogP contribution in [0.1, 0.15) is 0 Å². The fraction of sp³-hybridized carbons (Fsp3) is 0.294. The average molecular weight is 412 g/mol. The van der Waals surface area contributed by atoms with E-state index in [0.29, 0.717) is 23.9 Å². The number of carbonyl (C=O) groups is 1. The summed E-state index contributed by atoms with van der Waals surface area (Å²) in [6.45, 7) is 3.06. The van der Waals surface area contributed by atoms with Gasteiger partial charge in [-0.3, -0.25) is 4.79 Å². The van der Waals surface area contributed by atoms with E-state index in [4.69, 9.17) is 16.3 Å². The van der Waals surface area contributed by atoms with Crippen LogP contribution in [0.15, 0.2) is 47.2 Å². The first kappa shape index (κ1) is 17.0. The lowest BCUT2D eigenvalue weighted by atomic mass is 10.2. The minimum absolute atomic E-state index is 0.00195. The molecule has 126 valence electrons. The molecule has 2 heterocycles. The molecular weight excluding hydrogens is 394 g/mol. The van der Waals surface area contributed by atoms with Crippen molar-refractivity contribution in [3.05, 3.63) is 52.2 Å². The Bertz CT molecular complexity index is 706. The molecule has 1 amide bonds. The Labute approximate surface area is 154 Å². The van der Waals surface area contributed by atoms with Crippen molar-refractivity contribution in [2.75, 3.05) is 37.7 Å². The van der Waals surface area contributed by atoms with Crippen LogP contribution in [0, 0.1) is 0 Å². The highest BCUT2D eigenvalue weighted by molar-refractivity contribution is 9.10. The van der Waals surface area contributed by atoms with Crippen LogP contribution >= 0.6 is 27.5 Å². The number of carbonyl (C=O) groups excluding carboxylic acids is 1. The number of pyridine rings is 1. The van der Waals surface area contributed by atoms with Gasteiger partial charge in [-0.15, -0.1) is 0 Å². The van der Waals surface area contributed by atoms with Gasteiger partial charge in [-0.2, -0.15) is 0 Å². The third-order valence-corrected chi connectivity index (χ3v) is 4.80. The zero-order valence-electron chi connectivity index (χ0n) is 13.0. The number of piperazine rings is 1. The Kier molecular flexibility index (Phi) is 5.58. The predicted molar refractivity (Wildman–Crippen MR) is 96.4 cm³/mol. The molecular formula is C17H18BrClN3O2+. The highest BCUT2D eigenvalue weighted by atomic mass is 79.9. The molecule has 0 atom stereocenters. The van der Waals surface area contributed by atoms with Crippen LogP contribution in [0.5, 0.6) is 5.75 Å². The second-order valence-corrected chi connectivity index (χ2v) is 6.78. The Balaban J connectivity index is 1.50. The van der Waals surface area contributed by atoms with Crippen LogP contribution in [0.25, 0.3) is 0 Å². The standard InChI is InChI=1S/C17H17BrClN3O2/c18-15-11-13(19)1-2-16(15)24-12-17(23)22-9-7-21(8-10-22)14-3-5-20-6-4-14/h1-6,11H,7-10,12H2/p+1. The minimum Gasteiger partial charge on any atom is -0.483 e. The molecule has 1 aromatic carbocycles. The number of amides is 1. The minimum atomic E-state index is -0.00195. The molecule has 1 aromatic heterocycles. The zero-order chi connectivity index (χ0) is 16.9. The smallest absolute Gasteiger partial charge is 0.260 e. The average Bonchev–Trinajstić information content (AvgIpc) is 2.62. The highest BCUT2D eigenvalue weighted by Crippen LogP contribution is 2.28. The molecule has 0 radical (unpaired) electrons. The van der Waals surface area contributed by atoms with Crippen LogP contribution < -0.4 is 14.6 Å². The van der Waals surface area contributed by atoms with E-state index in [0.717, 1.165) is 17.6 Å². The van der Waals surface area contributed by atoms with Gasteiger partial charge in [-0.05, 0) is 34.1 Å². The lowest BCUT2D eigenvalue weighted by Crippen LogP contribution is -2.50. The van der Waals surface area contributed by atoms with Gasteiger partial charge in [-0.1, -0.05) is 11.6 Å². The zero-order valence-corrected chi connectivity index (χ0v) is 15.4. The molecule has 0 bridgehead atoms. The van der Waals surface area contributed by atoms with Gasteiger partial charge < -0.3 is 14.5 Å². The molecule has 2 aromatic rings. The molecule has 1 aliphatic rings. The topological polar surface area (TPSA) is 46.9 Å². The Morgan fingerprint density at radius 2 is 1.88 bits per heavy atom. The summed E-state index contributed by atoms with van der Waals surface area (Å²) >= 11 is 9.28. The first-order chi connectivity index (χ1) is 11.6. The molecule has 5 nitrogen and oxygen atoms in total. The van der Waals surface area contributed by atoms with Crippen molar-refractivity contribution in [2.24, 2.45) is 0 Å². The summed E-state index contributed by atoms with van der Waals surface area (Å²) < 4.78 is 6.35. The maximum absolute atomic E-state index is 12.3. The van der Waals surface area contributed by atoms with Gasteiger partial charge in [0.25, 0.3) is 5.91 Å². The number of hydrogen-bond acceptors (Lipinski definition) is 3. The van der Waals surface area contributed by atoms with Crippen LogP contribution in [-0.2, 0) is 4.79 Å². The number of benzene rings is 1. The van der Waals surface area contributed by atoms with E-state index in [1.54, 1.807) is 18.2 Å². The van der Waals surface area contributed by atoms with Crippen LogP contribution in [0.3, 0.4) is 0 Å². The molecule has 24 heavy (non-hydrogen) atoms. The molecule has 1 aliphatic heterocycles. The molecule has 0 saturated carbocycles. The summed E-state index contributed by atoms with van der Waals surface area (Å²) in [4.78, 5) is 19.5. The van der Waals surface area contributed by atoms with Crippen molar-refractivity contribution in [1.82, 2.24) is 4.90 Å². The maximum atomic E-state index is 12.3. The first-order valence-corrected chi connectivity index (χ1v) is 8.87. The van der Waals surface area contributed by atoms with Crippen molar-refractivity contribution in [1.29, 1.82) is 0 Å². The number of H-pyrrole nitrogens is 1. The number of anilines is 1. The van der Waals surface area contributed by atoms with Crippen molar-refractivity contribution in [2.45, 2.75) is 0 Å². The fourth-order valence-electron chi connectivity index (χ4n) is 2.63. The summed E-state index contributed by atoms with van der Waals surface area (Å²) in [5, 5.41) is 0.621. The number of aromatic nitrogens is 1. The summed E-state index contributed by atoms with van der Waals surface area (Å²) in [6, 6.07) is 9.32. The normalized spacial score (nSPS) is 14.6. The van der Waals surface area contributed by atoms with Crippen LogP contribution in [0.4, 0.5) is 5.69 Å². The van der Waals surface area contributed by atoms with Crippen LogP contribution in [0.2, 0.25) is 5.02 Å². The predicted octanol–water partition coefficient (Wildman–Crippen LogP) is 2.64. The number of aromatic amines is 1. The SMILES string of the molecule is O=C(COc1ccc(Cl)cc1Br)N1CCN(c2cc[nH+]cc2)CC1. The highest BCUT2D eigenvalue weighted by Gasteiger charge is 2.22. The van der Waals surface area contributed by atoms with Gasteiger partial charge in [0.05, 0.1) is 4.47 Å². The molecule has 7 heteroatoms. The quantitative estimate of drug-likeness (QED) is 0.777. The molecule has 1 saturated heterocycles. The number of halogens is 2. The van der Waals surface area contributed by atoms with Gasteiger partial charge in [-0.25, -0.2) is 4.98 Å². The molecule has 0 aliphatic carbocycles. The largest absolute Gasteiger partial charge is 0.483 e. The summed E-state index contributed by atoms with van der Waals surface area (Å²) in [7, 11) is 0. The second kappa shape index (κ2) is 7.85. The van der Waals surface area contributed by atoms with E-state index in [2.05, 4.69) is 25.8 Å². The number of ether oxygens (including phenoxy) is 1. The maximum Gasteiger partial charge on any atom is 0.260 e. The van der Waals surface area contributed by atoms with Crippen molar-refractivity contribution >= 4 is 39.1 Å². The van der Waals surface area contributed by atoms with Crippen molar-refractivity contribution < 1.29 is 14.5 Å². The first-order valence-electron chi connectivity index (χ1n) is 7.70. The monoisotopic (exact) mass is 410 g/mol. The Morgan fingerprint density at radius 3 is 2.54 bits per heavy atom. The van der Waals surface area contributed by atoms with Gasteiger partial charge in [0.2, 0.25) is 0 Å². The third kappa shape index (κ3) is 4.19. The van der Waals surface area contributed by atoms with E-state index in [-0.39, 0.29) is 12.5 Å². The van der Waals surface area contributed by atoms with E-state index in [1.807, 2.05) is 29.4 Å². The summed E-state index contributed by atoms with van der Waals surface area (Å²) in [6.07, 6.45) is 3.81. The number of nitrogens with zero attached hydrogens (tertiary/aromatic N) is 2. The van der Waals surface area contributed by atoms with E-state index in [9.17, 15) is 4.79 Å². The lowest BCUT2D eigenvalue weighted by molar-refractivity contribution is -0.377. The molecule has 0 spiro atoms. The molecule has 3 rings (SSSR count). The van der Waals surface area contributed by atoms with Gasteiger partial charge in [0.1, 0.15) is 5.75 Å². The van der Waals surface area contributed by atoms with Gasteiger partial charge >= 0.3 is 0 Å². The fourth-order valence-corrected chi connectivity index (χ4v) is 3.42. The summed E-state index contributed by atoms with van der Waals surface area (Å²) in [5.74, 6) is 0.616. The number of rotatable bonds is 4. The van der Waals surface area contributed by atoms with Crippen molar-refractivity contribution in [3.8, 4) is 5.75 Å². The molecule has 1 N–H and O–H groups in total. The second-order valence-electron chi connectivity index (χ2n) is 5.49. The number of nitrogens with one attached hydrogen (secondary N) is 1. The van der Waals surface area contributed by atoms with E-state index < -0.39 is 0 Å². The Morgan fingerprint density at radius 1 is 1.17 bits per heavy atom. The van der Waals surface area contributed by atoms with Crippen molar-refractivity contribution in [3.63, 3.8) is 0 Å².